The van der Waals surface area contributed by atoms with Crippen LogP contribution in [0.3, 0.4) is 0 Å². The molecule has 0 spiro atoms. The highest BCUT2D eigenvalue weighted by atomic mass is 15.3. The van der Waals surface area contributed by atoms with Gasteiger partial charge in [0.25, 0.3) is 0 Å². The minimum atomic E-state index is 0.918. The van der Waals surface area contributed by atoms with E-state index >= 15 is 0 Å². The van der Waals surface area contributed by atoms with Crippen molar-refractivity contribution in [1.29, 1.82) is 0 Å². The number of nitrogens with one attached hydrogen (secondary N) is 2. The van der Waals surface area contributed by atoms with Crippen molar-refractivity contribution in [2.45, 2.75) is 0 Å². The van der Waals surface area contributed by atoms with Crippen LogP contribution in [0.5, 0.6) is 0 Å². The lowest BCUT2D eigenvalue weighted by atomic mass is 10.1. The second kappa shape index (κ2) is 6.95. The molecule has 8 heteroatoms. The summed E-state index contributed by atoms with van der Waals surface area (Å²) < 4.78 is 1.82. The van der Waals surface area contributed by atoms with Gasteiger partial charge in [-0.05, 0) is 30.8 Å². The summed E-state index contributed by atoms with van der Waals surface area (Å²) in [6.45, 7) is 4.15. The van der Waals surface area contributed by atoms with Crippen LogP contribution in [0.2, 0.25) is 0 Å². The van der Waals surface area contributed by atoms with Gasteiger partial charge < -0.3 is 14.8 Å². The molecule has 1 aliphatic rings. The van der Waals surface area contributed by atoms with Gasteiger partial charge in [0.05, 0.1) is 41.0 Å². The van der Waals surface area contributed by atoms with E-state index in [0.29, 0.717) is 0 Å². The molecule has 8 nitrogen and oxygen atoms in total. The van der Waals surface area contributed by atoms with Gasteiger partial charge in [0, 0.05) is 55.8 Å². The Kier molecular flexibility index (Phi) is 4.07. The first kappa shape index (κ1) is 18.1. The second-order valence-corrected chi connectivity index (χ2v) is 8.33. The van der Waals surface area contributed by atoms with Crippen LogP contribution in [0.1, 0.15) is 0 Å². The molecule has 0 bridgehead atoms. The van der Waals surface area contributed by atoms with Crippen LogP contribution in [0.4, 0.5) is 5.69 Å². The van der Waals surface area contributed by atoms with Crippen LogP contribution in [0.25, 0.3) is 44.3 Å². The highest BCUT2D eigenvalue weighted by Gasteiger charge is 2.19. The molecule has 0 atom stereocenters. The number of hydrogen-bond donors (Lipinski definition) is 2. The maximum absolute atomic E-state index is 4.64. The van der Waals surface area contributed by atoms with E-state index in [1.807, 2.05) is 36.5 Å². The van der Waals surface area contributed by atoms with E-state index in [1.165, 1.54) is 11.1 Å². The largest absolute Gasteiger partial charge is 0.367 e. The van der Waals surface area contributed by atoms with E-state index < -0.39 is 0 Å². The van der Waals surface area contributed by atoms with Gasteiger partial charge in [0.1, 0.15) is 5.69 Å². The lowest BCUT2D eigenvalue weighted by Gasteiger charge is -2.34. The monoisotopic (exact) mass is 412 g/mol. The number of nitrogens with zero attached hydrogens (tertiary/aromatic N) is 6. The first-order valence-electron chi connectivity index (χ1n) is 10.5. The molecule has 0 aliphatic carbocycles. The molecule has 6 rings (SSSR count). The number of pyridine rings is 1. The van der Waals surface area contributed by atoms with Gasteiger partial charge in [-0.3, -0.25) is 14.8 Å². The van der Waals surface area contributed by atoms with Crippen LogP contribution in [-0.2, 0) is 7.05 Å². The van der Waals surface area contributed by atoms with Crippen molar-refractivity contribution in [3.05, 3.63) is 49.1 Å². The van der Waals surface area contributed by atoms with Crippen LogP contribution >= 0.6 is 0 Å². The molecule has 0 amide bonds. The van der Waals surface area contributed by atoms with Gasteiger partial charge in [0.15, 0.2) is 0 Å². The van der Waals surface area contributed by atoms with Gasteiger partial charge in [0.2, 0.25) is 0 Å². The molecular weight excluding hydrogens is 388 g/mol. The number of piperazine rings is 1. The third-order valence-corrected chi connectivity index (χ3v) is 6.22. The molecule has 5 aromatic rings. The van der Waals surface area contributed by atoms with E-state index in [4.69, 9.17) is 0 Å². The molecular formula is C23H24N8. The average Bonchev–Trinajstić information content (AvgIpc) is 3.51. The number of likely N-dealkylation sites (N-methyl/N-ethyl adjacent to an activating group) is 1. The summed E-state index contributed by atoms with van der Waals surface area (Å²) in [5.74, 6) is 0. The first-order chi connectivity index (χ1) is 15.2. The van der Waals surface area contributed by atoms with Crippen molar-refractivity contribution in [2.75, 3.05) is 38.1 Å². The predicted octanol–water partition coefficient (Wildman–Crippen LogP) is 3.26. The zero-order valence-electron chi connectivity index (χ0n) is 17.6. The third kappa shape index (κ3) is 3.07. The lowest BCUT2D eigenvalue weighted by molar-refractivity contribution is 0.313. The summed E-state index contributed by atoms with van der Waals surface area (Å²) in [7, 11) is 4.11. The fraction of sp³-hybridized carbons (Fsp3) is 0.261. The SMILES string of the molecule is CN1CCN(c2cncc3[nH]c(-c4n[nH]c5ccc(-c6cnn(C)c6)cc45)cc23)CC1. The smallest absolute Gasteiger partial charge is 0.116 e. The Hall–Kier alpha value is -3.65. The van der Waals surface area contributed by atoms with Gasteiger partial charge in [-0.25, -0.2) is 0 Å². The van der Waals surface area contributed by atoms with Gasteiger partial charge in [-0.1, -0.05) is 6.07 Å². The van der Waals surface area contributed by atoms with Crippen molar-refractivity contribution in [2.24, 2.45) is 7.05 Å². The molecule has 0 unspecified atom stereocenters. The molecule has 1 aromatic carbocycles. The van der Waals surface area contributed by atoms with Gasteiger partial charge >= 0.3 is 0 Å². The molecule has 4 aromatic heterocycles. The van der Waals surface area contributed by atoms with E-state index in [0.717, 1.165) is 65.1 Å². The number of hydrogen-bond acceptors (Lipinski definition) is 5. The van der Waals surface area contributed by atoms with Crippen molar-refractivity contribution in [1.82, 2.24) is 34.8 Å². The van der Waals surface area contributed by atoms with E-state index in [1.54, 1.807) is 0 Å². The minimum absolute atomic E-state index is 0.918. The normalized spacial score (nSPS) is 15.4. The standard InChI is InChI=1S/C23H24N8/c1-29-5-7-31(8-6-29)22-13-24-12-21-17(22)10-20(26-21)23-18-9-15(3-4-19(18)27-28-23)16-11-25-30(2)14-16/h3-4,9-14,26H,5-8H2,1-2H3,(H,27,28). The molecule has 5 heterocycles. The van der Waals surface area contributed by atoms with E-state index in [2.05, 4.69) is 66.4 Å². The van der Waals surface area contributed by atoms with Crippen molar-refractivity contribution in [3.8, 4) is 22.5 Å². The molecule has 156 valence electrons. The Morgan fingerprint density at radius 3 is 2.55 bits per heavy atom. The number of fused-ring (bicyclic) bond motifs is 2. The highest BCUT2D eigenvalue weighted by molar-refractivity contribution is 6.00. The highest BCUT2D eigenvalue weighted by Crippen LogP contribution is 2.34. The van der Waals surface area contributed by atoms with Crippen molar-refractivity contribution in [3.63, 3.8) is 0 Å². The number of aryl methyl sites for hydroxylation is 1. The second-order valence-electron chi connectivity index (χ2n) is 8.33. The summed E-state index contributed by atoms with van der Waals surface area (Å²) >= 11 is 0. The molecule has 1 saturated heterocycles. The van der Waals surface area contributed by atoms with Gasteiger partial charge in [-0.2, -0.15) is 10.2 Å². The molecule has 2 N–H and O–H groups in total. The van der Waals surface area contributed by atoms with Crippen LogP contribution in [-0.4, -0.2) is 68.1 Å². The number of H-pyrrole nitrogens is 2. The summed E-state index contributed by atoms with van der Waals surface area (Å²) in [4.78, 5) is 12.8. The van der Waals surface area contributed by atoms with Crippen molar-refractivity contribution < 1.29 is 0 Å². The Morgan fingerprint density at radius 1 is 0.871 bits per heavy atom. The maximum Gasteiger partial charge on any atom is 0.116 e. The van der Waals surface area contributed by atoms with Gasteiger partial charge in [-0.15, -0.1) is 0 Å². The predicted molar refractivity (Wildman–Crippen MR) is 123 cm³/mol. The number of aromatic nitrogens is 6. The maximum atomic E-state index is 4.64. The number of benzene rings is 1. The molecule has 0 radical (unpaired) electrons. The lowest BCUT2D eigenvalue weighted by Crippen LogP contribution is -2.44. The average molecular weight is 413 g/mol. The summed E-state index contributed by atoms with van der Waals surface area (Å²) in [5.41, 5.74) is 7.36. The Balaban J connectivity index is 1.44. The van der Waals surface area contributed by atoms with Crippen molar-refractivity contribution >= 4 is 27.5 Å². The zero-order chi connectivity index (χ0) is 20.9. The fourth-order valence-corrected chi connectivity index (χ4v) is 4.43. The zero-order valence-corrected chi connectivity index (χ0v) is 17.6. The summed E-state index contributed by atoms with van der Waals surface area (Å²) in [5, 5.41) is 14.4. The Bertz CT molecular complexity index is 1380. The van der Waals surface area contributed by atoms with Crippen LogP contribution in [0, 0.1) is 0 Å². The minimum Gasteiger partial charge on any atom is -0.367 e. The summed E-state index contributed by atoms with van der Waals surface area (Å²) in [6.07, 6.45) is 7.79. The van der Waals surface area contributed by atoms with Crippen LogP contribution < -0.4 is 4.90 Å². The summed E-state index contributed by atoms with van der Waals surface area (Å²) in [6, 6.07) is 8.56. The first-order valence-corrected chi connectivity index (χ1v) is 10.5. The molecule has 0 saturated carbocycles. The number of aromatic amines is 2. The number of rotatable bonds is 3. The van der Waals surface area contributed by atoms with E-state index in [-0.39, 0.29) is 0 Å². The number of anilines is 1. The topological polar surface area (TPSA) is 81.7 Å². The quantitative estimate of drug-likeness (QED) is 0.475. The fourth-order valence-electron chi connectivity index (χ4n) is 4.43. The molecule has 1 aliphatic heterocycles. The third-order valence-electron chi connectivity index (χ3n) is 6.22. The van der Waals surface area contributed by atoms with E-state index in [9.17, 15) is 0 Å². The van der Waals surface area contributed by atoms with Crippen LogP contribution in [0.15, 0.2) is 49.1 Å². The molecule has 1 fully saturated rings. The molecule has 31 heavy (non-hydrogen) atoms. The Labute approximate surface area is 179 Å². The Morgan fingerprint density at radius 2 is 1.74 bits per heavy atom.